The average Bonchev–Trinajstić information content (AvgIpc) is 2.33. The Balaban J connectivity index is 0.00000289. The molecule has 1 rings (SSSR count). The van der Waals surface area contributed by atoms with Crippen LogP contribution in [0.3, 0.4) is 0 Å². The Bertz CT molecular complexity index is 342. The highest BCUT2D eigenvalue weighted by Crippen LogP contribution is 2.11. The lowest BCUT2D eigenvalue weighted by atomic mass is 10.2. The molecule has 0 aliphatic rings. The fraction of sp³-hybridized carbons (Fsp3) is 0.417. The summed E-state index contributed by atoms with van der Waals surface area (Å²) in [6.07, 6.45) is 0. The monoisotopic (exact) mass is 275 g/mol. The first kappa shape index (κ1) is 16.7. The normalized spacial score (nSPS) is 9.61. The number of halogens is 1. The van der Waals surface area contributed by atoms with Crippen molar-refractivity contribution in [1.29, 1.82) is 0 Å². The maximum absolute atomic E-state index is 10.3. The molecule has 0 radical (unpaired) electrons. The van der Waals surface area contributed by atoms with Crippen LogP contribution in [0, 0.1) is 0 Å². The summed E-state index contributed by atoms with van der Waals surface area (Å²) in [6.45, 7) is 1.92. The van der Waals surface area contributed by atoms with Crippen molar-refractivity contribution in [3.05, 3.63) is 29.8 Å². The van der Waals surface area contributed by atoms with E-state index in [0.717, 1.165) is 18.7 Å². The van der Waals surface area contributed by atoms with E-state index in [1.54, 1.807) is 19.2 Å². The molecule has 0 aliphatic carbocycles. The molecule has 0 heterocycles. The van der Waals surface area contributed by atoms with E-state index < -0.39 is 5.97 Å². The second kappa shape index (κ2) is 9.70. The van der Waals surface area contributed by atoms with E-state index in [0.29, 0.717) is 12.4 Å². The van der Waals surface area contributed by atoms with Crippen LogP contribution < -0.4 is 10.1 Å². The number of hydrogen-bond acceptors (Lipinski definition) is 4. The van der Waals surface area contributed by atoms with Gasteiger partial charge in [0, 0.05) is 20.2 Å². The van der Waals surface area contributed by atoms with Gasteiger partial charge < -0.3 is 19.9 Å². The van der Waals surface area contributed by atoms with Crippen molar-refractivity contribution < 1.29 is 19.4 Å². The maximum atomic E-state index is 10.3. The van der Waals surface area contributed by atoms with E-state index in [2.05, 4.69) is 5.32 Å². The number of benzene rings is 1. The average molecular weight is 276 g/mol. The molecule has 0 bridgehead atoms. The van der Waals surface area contributed by atoms with Gasteiger partial charge in [0.25, 0.3) is 0 Å². The highest BCUT2D eigenvalue weighted by Gasteiger charge is 1.99. The number of ether oxygens (including phenoxy) is 2. The third-order valence-electron chi connectivity index (χ3n) is 2.10. The molecular weight excluding hydrogens is 258 g/mol. The Morgan fingerprint density at radius 3 is 2.56 bits per heavy atom. The van der Waals surface area contributed by atoms with Crippen LogP contribution in [0.25, 0.3) is 0 Å². The van der Waals surface area contributed by atoms with Gasteiger partial charge in [-0.3, -0.25) is 0 Å². The molecule has 1 aromatic rings. The molecule has 0 saturated heterocycles. The largest absolute Gasteiger partial charge is 0.482 e. The van der Waals surface area contributed by atoms with Crippen molar-refractivity contribution in [1.82, 2.24) is 5.32 Å². The van der Waals surface area contributed by atoms with Crippen LogP contribution in [-0.2, 0) is 16.1 Å². The van der Waals surface area contributed by atoms with E-state index in [1.165, 1.54) is 0 Å². The Kier molecular flexibility index (Phi) is 9.00. The Morgan fingerprint density at radius 1 is 1.33 bits per heavy atom. The number of carboxylic acid groups (broad SMARTS) is 1. The van der Waals surface area contributed by atoms with Crippen LogP contribution in [0.4, 0.5) is 0 Å². The summed E-state index contributed by atoms with van der Waals surface area (Å²) in [5.74, 6) is -0.414. The van der Waals surface area contributed by atoms with E-state index in [-0.39, 0.29) is 19.0 Å². The number of hydrogen-bond donors (Lipinski definition) is 2. The van der Waals surface area contributed by atoms with Gasteiger partial charge in [-0.05, 0) is 17.7 Å². The molecule has 102 valence electrons. The van der Waals surface area contributed by atoms with Crippen LogP contribution in [-0.4, -0.2) is 37.9 Å². The summed E-state index contributed by atoms with van der Waals surface area (Å²) in [6, 6.07) is 7.32. The summed E-state index contributed by atoms with van der Waals surface area (Å²) in [5.41, 5.74) is 1.11. The first-order valence-electron chi connectivity index (χ1n) is 5.35. The topological polar surface area (TPSA) is 67.8 Å². The predicted octanol–water partition coefficient (Wildman–Crippen LogP) is 1.31. The third kappa shape index (κ3) is 7.11. The van der Waals surface area contributed by atoms with E-state index in [4.69, 9.17) is 14.6 Å². The zero-order chi connectivity index (χ0) is 12.5. The Morgan fingerprint density at radius 2 is 2.00 bits per heavy atom. The zero-order valence-electron chi connectivity index (χ0n) is 10.2. The molecule has 5 nitrogen and oxygen atoms in total. The lowest BCUT2D eigenvalue weighted by Gasteiger charge is -2.06. The van der Waals surface area contributed by atoms with Gasteiger partial charge in [-0.1, -0.05) is 12.1 Å². The minimum Gasteiger partial charge on any atom is -0.482 e. The molecule has 6 heteroatoms. The predicted molar refractivity (Wildman–Crippen MR) is 70.4 cm³/mol. The summed E-state index contributed by atoms with van der Waals surface area (Å²) >= 11 is 0. The first-order valence-corrected chi connectivity index (χ1v) is 5.35. The van der Waals surface area contributed by atoms with Crippen molar-refractivity contribution >= 4 is 18.4 Å². The second-order valence-electron chi connectivity index (χ2n) is 3.50. The summed E-state index contributed by atoms with van der Waals surface area (Å²) in [4.78, 5) is 10.3. The molecule has 2 N–H and O–H groups in total. The second-order valence-corrected chi connectivity index (χ2v) is 3.50. The number of rotatable bonds is 8. The zero-order valence-corrected chi connectivity index (χ0v) is 11.0. The number of aliphatic carboxylic acids is 1. The van der Waals surface area contributed by atoms with E-state index >= 15 is 0 Å². The summed E-state index contributed by atoms with van der Waals surface area (Å²) in [5, 5.41) is 11.7. The molecular formula is C12H18ClNO4. The number of nitrogens with one attached hydrogen (secondary N) is 1. The lowest BCUT2D eigenvalue weighted by Crippen LogP contribution is -2.18. The van der Waals surface area contributed by atoms with Crippen LogP contribution in [0.15, 0.2) is 24.3 Å². The minimum absolute atomic E-state index is 0. The Labute approximate surface area is 113 Å². The van der Waals surface area contributed by atoms with Crippen molar-refractivity contribution in [2.24, 2.45) is 0 Å². The van der Waals surface area contributed by atoms with Crippen LogP contribution >= 0.6 is 12.4 Å². The van der Waals surface area contributed by atoms with Gasteiger partial charge in [0.2, 0.25) is 0 Å². The number of carbonyl (C=O) groups is 1. The molecule has 0 aromatic heterocycles. The highest BCUT2D eigenvalue weighted by atomic mass is 35.5. The van der Waals surface area contributed by atoms with Crippen molar-refractivity contribution in [2.75, 3.05) is 26.9 Å². The molecule has 0 unspecified atom stereocenters. The summed E-state index contributed by atoms with van der Waals surface area (Å²) < 4.78 is 9.94. The molecule has 0 saturated carbocycles. The molecule has 1 aromatic carbocycles. The first-order chi connectivity index (χ1) is 8.22. The number of methoxy groups -OCH3 is 1. The lowest BCUT2D eigenvalue weighted by molar-refractivity contribution is -0.139. The van der Waals surface area contributed by atoms with Crippen molar-refractivity contribution in [2.45, 2.75) is 6.54 Å². The van der Waals surface area contributed by atoms with E-state index in [9.17, 15) is 4.79 Å². The molecule has 18 heavy (non-hydrogen) atoms. The summed E-state index contributed by atoms with van der Waals surface area (Å²) in [7, 11) is 1.66. The molecule has 0 aliphatic heterocycles. The Hall–Kier alpha value is -1.30. The molecule has 0 amide bonds. The van der Waals surface area contributed by atoms with Crippen molar-refractivity contribution in [3.8, 4) is 5.75 Å². The number of carboxylic acids is 1. The van der Waals surface area contributed by atoms with Gasteiger partial charge >= 0.3 is 5.97 Å². The fourth-order valence-corrected chi connectivity index (χ4v) is 1.26. The van der Waals surface area contributed by atoms with Gasteiger partial charge in [0.15, 0.2) is 6.61 Å². The SMILES string of the molecule is COCCNCc1ccc(OCC(=O)O)cc1.Cl. The van der Waals surface area contributed by atoms with Crippen LogP contribution in [0.5, 0.6) is 5.75 Å². The van der Waals surface area contributed by atoms with Gasteiger partial charge in [-0.15, -0.1) is 12.4 Å². The van der Waals surface area contributed by atoms with Gasteiger partial charge in [-0.25, -0.2) is 4.79 Å². The van der Waals surface area contributed by atoms with E-state index in [1.807, 2.05) is 12.1 Å². The smallest absolute Gasteiger partial charge is 0.341 e. The quantitative estimate of drug-likeness (QED) is 0.700. The van der Waals surface area contributed by atoms with Gasteiger partial charge in [0.1, 0.15) is 5.75 Å². The standard InChI is InChI=1S/C12H17NO4.ClH/c1-16-7-6-13-8-10-2-4-11(5-3-10)17-9-12(14)15;/h2-5,13H,6-9H2,1H3,(H,14,15);1H. The van der Waals surface area contributed by atoms with Gasteiger partial charge in [0.05, 0.1) is 6.61 Å². The molecule has 0 fully saturated rings. The molecule has 0 spiro atoms. The minimum atomic E-state index is -0.977. The third-order valence-corrected chi connectivity index (χ3v) is 2.10. The van der Waals surface area contributed by atoms with Crippen molar-refractivity contribution in [3.63, 3.8) is 0 Å². The fourth-order valence-electron chi connectivity index (χ4n) is 1.26. The van der Waals surface area contributed by atoms with Gasteiger partial charge in [-0.2, -0.15) is 0 Å². The highest BCUT2D eigenvalue weighted by molar-refractivity contribution is 5.85. The van der Waals surface area contributed by atoms with Crippen LogP contribution in [0.2, 0.25) is 0 Å². The molecule has 0 atom stereocenters. The van der Waals surface area contributed by atoms with Crippen LogP contribution in [0.1, 0.15) is 5.56 Å². The maximum Gasteiger partial charge on any atom is 0.341 e.